The van der Waals surface area contributed by atoms with Gasteiger partial charge in [-0.05, 0) is 110 Å². The van der Waals surface area contributed by atoms with Crippen molar-refractivity contribution in [3.63, 3.8) is 0 Å². The molecular formula is C68H47N3. The lowest BCUT2D eigenvalue weighted by Gasteiger charge is -2.17. The zero-order chi connectivity index (χ0) is 47.5. The van der Waals surface area contributed by atoms with Gasteiger partial charge in [-0.15, -0.1) is 0 Å². The van der Waals surface area contributed by atoms with Crippen molar-refractivity contribution in [3.8, 4) is 78.4 Å². The first-order chi connectivity index (χ1) is 35.1. The van der Waals surface area contributed by atoms with E-state index in [9.17, 15) is 0 Å². The second-order valence-electron chi connectivity index (χ2n) is 18.0. The topological polar surface area (TPSA) is 38.7 Å². The van der Waals surface area contributed by atoms with E-state index in [1.807, 2.05) is 6.07 Å². The van der Waals surface area contributed by atoms with Gasteiger partial charge in [-0.3, -0.25) is 0 Å². The zero-order valence-corrected chi connectivity index (χ0v) is 39.1. The van der Waals surface area contributed by atoms with Crippen LogP contribution in [-0.2, 0) is 0 Å². The van der Waals surface area contributed by atoms with E-state index in [-0.39, 0.29) is 0 Å². The molecule has 0 atom stereocenters. The van der Waals surface area contributed by atoms with E-state index in [2.05, 4.69) is 261 Å². The van der Waals surface area contributed by atoms with E-state index in [0.717, 1.165) is 112 Å². The molecule has 1 aliphatic carbocycles. The molecule has 0 radical (unpaired) electrons. The summed E-state index contributed by atoms with van der Waals surface area (Å²) in [6.45, 7) is 4.37. The molecule has 0 bridgehead atoms. The third-order valence-corrected chi connectivity index (χ3v) is 13.4. The Kier molecular flexibility index (Phi) is 11.5. The van der Waals surface area contributed by atoms with Crippen LogP contribution in [0.4, 0.5) is 0 Å². The Balaban J connectivity index is 0.956. The normalized spacial score (nSPS) is 14.8. The molecule has 0 aliphatic heterocycles. The number of allylic oxidation sites excluding steroid dienone is 9. The second-order valence-corrected chi connectivity index (χ2v) is 18.0. The molecule has 2 heterocycles. The number of hydrogen-bond acceptors (Lipinski definition) is 3. The van der Waals surface area contributed by atoms with Crippen LogP contribution in [0, 0.1) is 0 Å². The quantitative estimate of drug-likeness (QED) is 0.143. The fraction of sp³-hybridized carbons (Fsp3) is 0.0147. The Morgan fingerprint density at radius 1 is 0.352 bits per heavy atom. The third-order valence-electron chi connectivity index (χ3n) is 13.4. The summed E-state index contributed by atoms with van der Waals surface area (Å²) in [5.41, 5.74) is 17.7. The van der Waals surface area contributed by atoms with Gasteiger partial charge in [0, 0.05) is 38.4 Å². The van der Waals surface area contributed by atoms with E-state index in [0.29, 0.717) is 5.82 Å². The number of fused-ring (bicyclic) bond motifs is 5. The number of aromatic nitrogens is 3. The molecule has 9 aromatic carbocycles. The van der Waals surface area contributed by atoms with Gasteiger partial charge in [0.2, 0.25) is 0 Å². The van der Waals surface area contributed by atoms with Crippen molar-refractivity contribution in [2.75, 3.05) is 0 Å². The van der Waals surface area contributed by atoms with Crippen LogP contribution in [0.2, 0.25) is 0 Å². The van der Waals surface area contributed by atoms with E-state index in [1.54, 1.807) is 0 Å². The Hall–Kier alpha value is -9.31. The second kappa shape index (κ2) is 19.0. The van der Waals surface area contributed by atoms with Gasteiger partial charge in [0.1, 0.15) is 0 Å². The van der Waals surface area contributed by atoms with Crippen LogP contribution in [0.25, 0.3) is 116 Å². The van der Waals surface area contributed by atoms with Crippen molar-refractivity contribution in [1.82, 2.24) is 15.0 Å². The summed E-state index contributed by atoms with van der Waals surface area (Å²) in [4.78, 5) is 15.9. The van der Waals surface area contributed by atoms with E-state index >= 15 is 0 Å². The highest BCUT2D eigenvalue weighted by atomic mass is 14.9. The molecule has 334 valence electrons. The molecule has 0 spiro atoms. The van der Waals surface area contributed by atoms with Crippen molar-refractivity contribution < 1.29 is 0 Å². The van der Waals surface area contributed by atoms with Crippen LogP contribution < -0.4 is 0 Å². The van der Waals surface area contributed by atoms with Gasteiger partial charge in [-0.25, -0.2) is 15.0 Å². The fourth-order valence-electron chi connectivity index (χ4n) is 9.86. The standard InChI is InChI=1S/C68H47N3/c1-46-20-7-3-2-4-8-25-56(40-46)67-62-44-61(58-32-13-14-33-59(58)66(62)60-34-15-16-35-63(60)69-67)50-38-36-49(37-39-50)52-27-18-30-55(42-52)65-45-64(54-29-17-26-51(41-54)47-21-9-5-10-22-47)70-68(71-65)57-31-19-28-53(43-57)48-23-11-6-12-24-48/h2-3,5-45H,1,4H2/b3-2-,20-7-,25-8-,56-40+. The average molecular weight is 906 g/mol. The van der Waals surface area contributed by atoms with Gasteiger partial charge in [0.05, 0.1) is 22.6 Å². The van der Waals surface area contributed by atoms with Crippen LogP contribution in [0.5, 0.6) is 0 Å². The van der Waals surface area contributed by atoms with Gasteiger partial charge in [0.25, 0.3) is 0 Å². The maximum absolute atomic E-state index is 5.38. The lowest BCUT2D eigenvalue weighted by Crippen LogP contribution is -1.96. The van der Waals surface area contributed by atoms with Crippen molar-refractivity contribution >= 4 is 38.0 Å². The smallest absolute Gasteiger partial charge is 0.160 e. The highest BCUT2D eigenvalue weighted by Crippen LogP contribution is 2.42. The molecular weight excluding hydrogens is 859 g/mol. The predicted molar refractivity (Wildman–Crippen MR) is 300 cm³/mol. The largest absolute Gasteiger partial charge is 0.247 e. The van der Waals surface area contributed by atoms with Crippen LogP contribution >= 0.6 is 0 Å². The highest BCUT2D eigenvalue weighted by molar-refractivity contribution is 6.24. The molecule has 2 aromatic heterocycles. The van der Waals surface area contributed by atoms with Gasteiger partial charge in [-0.2, -0.15) is 0 Å². The molecule has 0 N–H and O–H groups in total. The molecule has 0 saturated carbocycles. The van der Waals surface area contributed by atoms with E-state index in [1.165, 1.54) is 16.2 Å². The van der Waals surface area contributed by atoms with Gasteiger partial charge in [-0.1, -0.05) is 225 Å². The molecule has 0 amide bonds. The van der Waals surface area contributed by atoms with Crippen LogP contribution in [-0.4, -0.2) is 15.0 Å². The summed E-state index contributed by atoms with van der Waals surface area (Å²) in [6, 6.07) is 77.6. The Morgan fingerprint density at radius 2 is 0.873 bits per heavy atom. The summed E-state index contributed by atoms with van der Waals surface area (Å²) in [5, 5.41) is 5.85. The van der Waals surface area contributed by atoms with Crippen molar-refractivity contribution in [3.05, 3.63) is 279 Å². The van der Waals surface area contributed by atoms with Crippen molar-refractivity contribution in [2.45, 2.75) is 6.42 Å². The molecule has 0 fully saturated rings. The summed E-state index contributed by atoms with van der Waals surface area (Å²) in [7, 11) is 0. The summed E-state index contributed by atoms with van der Waals surface area (Å²) < 4.78 is 0. The van der Waals surface area contributed by atoms with Gasteiger partial charge < -0.3 is 0 Å². The summed E-state index contributed by atoms with van der Waals surface area (Å²) >= 11 is 0. The summed E-state index contributed by atoms with van der Waals surface area (Å²) in [6.07, 6.45) is 15.7. The molecule has 71 heavy (non-hydrogen) atoms. The molecule has 0 saturated heterocycles. The third kappa shape index (κ3) is 8.74. The molecule has 1 aliphatic rings. The highest BCUT2D eigenvalue weighted by Gasteiger charge is 2.18. The van der Waals surface area contributed by atoms with Crippen LogP contribution in [0.3, 0.4) is 0 Å². The minimum atomic E-state index is 0.677. The molecule has 3 heteroatoms. The van der Waals surface area contributed by atoms with E-state index in [4.69, 9.17) is 15.0 Å². The number of para-hydroxylation sites is 1. The Labute approximate surface area is 414 Å². The van der Waals surface area contributed by atoms with Crippen molar-refractivity contribution in [2.24, 2.45) is 0 Å². The molecule has 11 aromatic rings. The Bertz CT molecular complexity index is 3850. The number of rotatable bonds is 8. The lowest BCUT2D eigenvalue weighted by molar-refractivity contribution is 1.18. The van der Waals surface area contributed by atoms with E-state index < -0.39 is 0 Å². The first-order valence-electron chi connectivity index (χ1n) is 24.2. The minimum Gasteiger partial charge on any atom is -0.247 e. The number of benzene rings is 9. The monoisotopic (exact) mass is 905 g/mol. The molecule has 0 unspecified atom stereocenters. The number of hydrogen-bond donors (Lipinski definition) is 0. The first kappa shape index (κ1) is 43.0. The number of pyridine rings is 1. The van der Waals surface area contributed by atoms with Crippen LogP contribution in [0.1, 0.15) is 12.1 Å². The van der Waals surface area contributed by atoms with Gasteiger partial charge in [0.15, 0.2) is 5.82 Å². The number of nitrogens with zero attached hydrogens (tertiary/aromatic N) is 3. The maximum Gasteiger partial charge on any atom is 0.160 e. The minimum absolute atomic E-state index is 0.677. The van der Waals surface area contributed by atoms with Crippen LogP contribution in [0.15, 0.2) is 273 Å². The zero-order valence-electron chi connectivity index (χ0n) is 39.1. The molecule has 3 nitrogen and oxygen atoms in total. The summed E-state index contributed by atoms with van der Waals surface area (Å²) in [5.74, 6) is 0.677. The first-order valence-corrected chi connectivity index (χ1v) is 24.2. The predicted octanol–water partition coefficient (Wildman–Crippen LogP) is 18.0. The average Bonchev–Trinajstić information content (AvgIpc) is 3.44. The Morgan fingerprint density at radius 3 is 1.54 bits per heavy atom. The van der Waals surface area contributed by atoms with Gasteiger partial charge >= 0.3 is 0 Å². The lowest BCUT2D eigenvalue weighted by atomic mass is 9.89. The SMILES string of the molecule is C=C1/C=C\C=C/C/C=C\C(c2nc3ccccc3c3c2cc(-c2ccc(-c4cccc(-c5cc(-c6cccc(-c7ccccc7)c6)nc(-c6cccc(-c7ccccc7)c6)n5)c4)cc2)c2ccccc23)=C/1. The molecule has 12 rings (SSSR count). The van der Waals surface area contributed by atoms with Crippen molar-refractivity contribution in [1.29, 1.82) is 0 Å². The fourth-order valence-corrected chi connectivity index (χ4v) is 9.86. The maximum atomic E-state index is 5.38.